The zero-order valence-corrected chi connectivity index (χ0v) is 11.0. The number of hydrogen-bond donors (Lipinski definition) is 0. The average Bonchev–Trinajstić information content (AvgIpc) is 3.02. The lowest BCUT2D eigenvalue weighted by atomic mass is 10.1. The summed E-state index contributed by atoms with van der Waals surface area (Å²) in [6.07, 6.45) is 2.84. The van der Waals surface area contributed by atoms with Gasteiger partial charge in [-0.05, 0) is 6.07 Å². The van der Waals surface area contributed by atoms with Crippen molar-refractivity contribution in [2.24, 2.45) is 0 Å². The summed E-state index contributed by atoms with van der Waals surface area (Å²) < 4.78 is 5.96. The lowest BCUT2D eigenvalue weighted by Crippen LogP contribution is -2.06. The Balaban J connectivity index is 2.26. The number of pyridine rings is 1. The van der Waals surface area contributed by atoms with Crippen LogP contribution in [0.3, 0.4) is 0 Å². The van der Waals surface area contributed by atoms with E-state index < -0.39 is 5.97 Å². The molecule has 102 valence electrons. The van der Waals surface area contributed by atoms with Gasteiger partial charge in [0.05, 0.1) is 23.9 Å². The second kappa shape index (κ2) is 5.02. The van der Waals surface area contributed by atoms with Crippen molar-refractivity contribution in [1.29, 1.82) is 5.26 Å². The van der Waals surface area contributed by atoms with E-state index in [-0.39, 0.29) is 5.82 Å². The lowest BCUT2D eigenvalue weighted by molar-refractivity contribution is 0.0587. The van der Waals surface area contributed by atoms with E-state index in [2.05, 4.69) is 25.9 Å². The first-order valence-electron chi connectivity index (χ1n) is 6.03. The summed E-state index contributed by atoms with van der Waals surface area (Å²) in [4.78, 5) is 19.6. The van der Waals surface area contributed by atoms with Crippen molar-refractivity contribution in [1.82, 2.24) is 19.7 Å². The summed E-state index contributed by atoms with van der Waals surface area (Å²) in [5.74, 6) is -0.701. The van der Waals surface area contributed by atoms with Crippen LogP contribution in [0.25, 0.3) is 16.6 Å². The predicted molar refractivity (Wildman–Crippen MR) is 72.7 cm³/mol. The number of benzene rings is 1. The van der Waals surface area contributed by atoms with Gasteiger partial charge in [-0.25, -0.2) is 14.5 Å². The van der Waals surface area contributed by atoms with Gasteiger partial charge in [0.25, 0.3) is 5.82 Å². The van der Waals surface area contributed by atoms with Gasteiger partial charge in [0.1, 0.15) is 12.4 Å². The summed E-state index contributed by atoms with van der Waals surface area (Å²) in [5, 5.41) is 14.1. The van der Waals surface area contributed by atoms with Crippen molar-refractivity contribution in [2.45, 2.75) is 0 Å². The van der Waals surface area contributed by atoms with Crippen LogP contribution in [0.5, 0.6) is 0 Å². The summed E-state index contributed by atoms with van der Waals surface area (Å²) in [6, 6.07) is 9.43. The van der Waals surface area contributed by atoms with Crippen LogP contribution >= 0.6 is 0 Å². The van der Waals surface area contributed by atoms with Crippen LogP contribution in [-0.2, 0) is 4.74 Å². The zero-order chi connectivity index (χ0) is 14.8. The highest BCUT2D eigenvalue weighted by atomic mass is 16.5. The normalized spacial score (nSPS) is 10.3. The van der Waals surface area contributed by atoms with Crippen molar-refractivity contribution in [3.63, 3.8) is 0 Å². The van der Waals surface area contributed by atoms with Crippen LogP contribution in [0.2, 0.25) is 0 Å². The maximum absolute atomic E-state index is 11.4. The second-order valence-electron chi connectivity index (χ2n) is 4.15. The number of carbonyl (C=O) groups is 1. The molecule has 0 aliphatic carbocycles. The quantitative estimate of drug-likeness (QED) is 0.659. The standard InChI is InChI=1S/C14H9N5O2/c1-21-14(20)13-17-8-19(18-13)12-9(6-15)7-16-11-5-3-2-4-10(11)12/h2-5,7-8H,1H3. The lowest BCUT2D eigenvalue weighted by Gasteiger charge is -2.07. The predicted octanol–water partition coefficient (Wildman–Crippen LogP) is 1.47. The fourth-order valence-corrected chi connectivity index (χ4v) is 2.01. The van der Waals surface area contributed by atoms with E-state index in [0.717, 1.165) is 10.9 Å². The van der Waals surface area contributed by atoms with Gasteiger partial charge in [0.2, 0.25) is 0 Å². The van der Waals surface area contributed by atoms with Gasteiger partial charge in [0.15, 0.2) is 0 Å². The number of methoxy groups -OCH3 is 1. The van der Waals surface area contributed by atoms with Gasteiger partial charge in [0, 0.05) is 11.6 Å². The molecule has 0 unspecified atom stereocenters. The van der Waals surface area contributed by atoms with E-state index in [9.17, 15) is 10.1 Å². The van der Waals surface area contributed by atoms with Crippen LogP contribution in [0.4, 0.5) is 0 Å². The van der Waals surface area contributed by atoms with Gasteiger partial charge in [-0.2, -0.15) is 5.26 Å². The smallest absolute Gasteiger partial charge is 0.377 e. The highest BCUT2D eigenvalue weighted by molar-refractivity contribution is 5.89. The van der Waals surface area contributed by atoms with Crippen molar-refractivity contribution >= 4 is 16.9 Å². The van der Waals surface area contributed by atoms with E-state index in [1.54, 1.807) is 0 Å². The van der Waals surface area contributed by atoms with Crippen molar-refractivity contribution in [3.8, 4) is 11.8 Å². The molecule has 0 N–H and O–H groups in total. The molecule has 3 aromatic rings. The molecule has 0 aliphatic rings. The van der Waals surface area contributed by atoms with E-state index in [1.165, 1.54) is 24.3 Å². The van der Waals surface area contributed by atoms with Crippen LogP contribution < -0.4 is 0 Å². The average molecular weight is 279 g/mol. The number of hydrogen-bond acceptors (Lipinski definition) is 6. The fraction of sp³-hybridized carbons (Fsp3) is 0.0714. The van der Waals surface area contributed by atoms with Gasteiger partial charge in [-0.1, -0.05) is 18.2 Å². The van der Waals surface area contributed by atoms with Crippen molar-refractivity contribution < 1.29 is 9.53 Å². The third kappa shape index (κ3) is 2.08. The van der Waals surface area contributed by atoms with E-state index in [0.29, 0.717) is 11.3 Å². The molecule has 0 saturated carbocycles. The molecule has 2 heterocycles. The monoisotopic (exact) mass is 279 g/mol. The number of fused-ring (bicyclic) bond motifs is 1. The Hall–Kier alpha value is -3.27. The third-order valence-corrected chi connectivity index (χ3v) is 2.96. The number of ether oxygens (including phenoxy) is 1. The van der Waals surface area contributed by atoms with Gasteiger partial charge < -0.3 is 4.74 Å². The second-order valence-corrected chi connectivity index (χ2v) is 4.15. The maximum Gasteiger partial charge on any atom is 0.377 e. The number of esters is 1. The first-order valence-corrected chi connectivity index (χ1v) is 6.03. The topological polar surface area (TPSA) is 93.7 Å². The Kier molecular flexibility index (Phi) is 3.04. The molecule has 0 saturated heterocycles. The molecule has 0 fully saturated rings. The molecular weight excluding hydrogens is 270 g/mol. The molecule has 1 aromatic carbocycles. The van der Waals surface area contributed by atoms with Gasteiger partial charge >= 0.3 is 5.97 Å². The van der Waals surface area contributed by atoms with E-state index >= 15 is 0 Å². The first kappa shape index (κ1) is 12.7. The van der Waals surface area contributed by atoms with E-state index in [4.69, 9.17) is 0 Å². The molecule has 7 heteroatoms. The Bertz CT molecular complexity index is 878. The number of rotatable bonds is 2. The molecule has 7 nitrogen and oxygen atoms in total. The number of nitriles is 1. The Morgan fingerprint density at radius 2 is 2.14 bits per heavy atom. The van der Waals surface area contributed by atoms with Gasteiger partial charge in [-0.3, -0.25) is 4.98 Å². The molecule has 3 rings (SSSR count). The molecule has 0 amide bonds. The fourth-order valence-electron chi connectivity index (χ4n) is 2.01. The SMILES string of the molecule is COC(=O)c1ncn(-c2c(C#N)cnc3ccccc23)n1. The Labute approximate surface area is 119 Å². The largest absolute Gasteiger partial charge is 0.463 e. The molecular formula is C14H9N5O2. The minimum Gasteiger partial charge on any atom is -0.463 e. The summed E-state index contributed by atoms with van der Waals surface area (Å²) in [6.45, 7) is 0. The minimum absolute atomic E-state index is 0.0673. The molecule has 21 heavy (non-hydrogen) atoms. The number of para-hydroxylation sites is 1. The highest BCUT2D eigenvalue weighted by Crippen LogP contribution is 2.23. The highest BCUT2D eigenvalue weighted by Gasteiger charge is 2.16. The van der Waals surface area contributed by atoms with Crippen LogP contribution in [-0.4, -0.2) is 32.8 Å². The Morgan fingerprint density at radius 3 is 2.90 bits per heavy atom. The minimum atomic E-state index is -0.634. The van der Waals surface area contributed by atoms with Crippen molar-refractivity contribution in [3.05, 3.63) is 48.2 Å². The summed E-state index contributed by atoms with van der Waals surface area (Å²) in [5.41, 5.74) is 1.60. The Morgan fingerprint density at radius 1 is 1.33 bits per heavy atom. The molecule has 0 spiro atoms. The third-order valence-electron chi connectivity index (χ3n) is 2.96. The van der Waals surface area contributed by atoms with Crippen LogP contribution in [0.1, 0.15) is 16.2 Å². The molecule has 0 bridgehead atoms. The van der Waals surface area contributed by atoms with Gasteiger partial charge in [-0.15, -0.1) is 5.10 Å². The molecule has 0 atom stereocenters. The van der Waals surface area contributed by atoms with Crippen LogP contribution in [0, 0.1) is 11.3 Å². The van der Waals surface area contributed by atoms with Crippen molar-refractivity contribution in [2.75, 3.05) is 7.11 Å². The number of aromatic nitrogens is 4. The maximum atomic E-state index is 11.4. The number of nitrogens with zero attached hydrogens (tertiary/aromatic N) is 5. The number of carbonyl (C=O) groups excluding carboxylic acids is 1. The first-order chi connectivity index (χ1) is 10.2. The molecule has 2 aromatic heterocycles. The molecule has 0 aliphatic heterocycles. The van der Waals surface area contributed by atoms with E-state index in [1.807, 2.05) is 24.3 Å². The van der Waals surface area contributed by atoms with Crippen LogP contribution in [0.15, 0.2) is 36.8 Å². The summed E-state index contributed by atoms with van der Waals surface area (Å²) >= 11 is 0. The summed E-state index contributed by atoms with van der Waals surface area (Å²) in [7, 11) is 1.26. The molecule has 0 radical (unpaired) electrons. The zero-order valence-electron chi connectivity index (χ0n) is 11.0.